The van der Waals surface area contributed by atoms with Crippen molar-refractivity contribution in [3.05, 3.63) is 66.2 Å². The Balaban J connectivity index is 1.71. The van der Waals surface area contributed by atoms with E-state index in [1.165, 1.54) is 0 Å². The lowest BCUT2D eigenvalue weighted by Gasteiger charge is -2.53. The van der Waals surface area contributed by atoms with E-state index in [-0.39, 0.29) is 25.7 Å². The van der Waals surface area contributed by atoms with Crippen LogP contribution in [0, 0.1) is 30.3 Å². The van der Waals surface area contributed by atoms with Gasteiger partial charge in [0.2, 0.25) is 0 Å². The minimum absolute atomic E-state index is 0.264. The van der Waals surface area contributed by atoms with Gasteiger partial charge in [0, 0.05) is 17.8 Å². The average molecular weight is 408 g/mol. The Labute approximate surface area is 164 Å². The van der Waals surface area contributed by atoms with Gasteiger partial charge in [0.15, 0.2) is 5.60 Å². The summed E-state index contributed by atoms with van der Waals surface area (Å²) in [6, 6.07) is 8.39. The molecular formula is C17H20N4O8. The van der Waals surface area contributed by atoms with Gasteiger partial charge in [-0.25, -0.2) is 4.84 Å². The standard InChI is InChI=1S/C17H20N4O8/c22-18(23)15(8-4-9-15)16(10-5-11-16)29-21-17(19(24)25,20(26)27)12-14(28-21)13-6-2-1-3-7-13/h1-3,6-7,14H,4-5,8-12H2. The summed E-state index contributed by atoms with van der Waals surface area (Å²) in [4.78, 5) is 44.3. The van der Waals surface area contributed by atoms with Crippen molar-refractivity contribution < 1.29 is 24.4 Å². The molecule has 1 aliphatic heterocycles. The van der Waals surface area contributed by atoms with E-state index in [1.807, 2.05) is 0 Å². The van der Waals surface area contributed by atoms with Crippen LogP contribution < -0.4 is 0 Å². The van der Waals surface area contributed by atoms with E-state index in [4.69, 9.17) is 9.68 Å². The van der Waals surface area contributed by atoms with E-state index in [0.29, 0.717) is 23.6 Å². The summed E-state index contributed by atoms with van der Waals surface area (Å²) in [7, 11) is 0. The first-order chi connectivity index (χ1) is 13.8. The molecule has 2 aliphatic carbocycles. The molecule has 3 aliphatic rings. The van der Waals surface area contributed by atoms with Crippen LogP contribution in [-0.2, 0) is 9.68 Å². The highest BCUT2D eigenvalue weighted by Crippen LogP contribution is 2.56. The molecule has 1 saturated heterocycles. The van der Waals surface area contributed by atoms with Gasteiger partial charge in [-0.15, -0.1) is 0 Å². The maximum Gasteiger partial charge on any atom is 0.569 e. The van der Waals surface area contributed by atoms with Crippen molar-refractivity contribution in [1.29, 1.82) is 0 Å². The van der Waals surface area contributed by atoms with Crippen LogP contribution in [0.3, 0.4) is 0 Å². The van der Waals surface area contributed by atoms with Crippen LogP contribution in [0.15, 0.2) is 30.3 Å². The van der Waals surface area contributed by atoms with Gasteiger partial charge in [-0.05, 0) is 31.2 Å². The molecule has 1 aromatic carbocycles. The van der Waals surface area contributed by atoms with E-state index in [9.17, 15) is 30.3 Å². The van der Waals surface area contributed by atoms with Crippen molar-refractivity contribution in [2.24, 2.45) is 0 Å². The highest BCUT2D eigenvalue weighted by atomic mass is 17.0. The van der Waals surface area contributed by atoms with E-state index in [2.05, 4.69) is 0 Å². The van der Waals surface area contributed by atoms with E-state index < -0.39 is 44.2 Å². The number of nitro groups is 3. The molecule has 1 aromatic rings. The molecule has 156 valence electrons. The van der Waals surface area contributed by atoms with Crippen LogP contribution in [0.2, 0.25) is 0 Å². The summed E-state index contributed by atoms with van der Waals surface area (Å²) in [5.74, 6) is -2.88. The maximum atomic E-state index is 11.8. The van der Waals surface area contributed by atoms with Crippen molar-refractivity contribution in [3.63, 3.8) is 0 Å². The largest absolute Gasteiger partial charge is 0.569 e. The molecule has 0 spiro atoms. The first-order valence-electron chi connectivity index (χ1n) is 9.42. The third kappa shape index (κ3) is 2.63. The molecule has 29 heavy (non-hydrogen) atoms. The van der Waals surface area contributed by atoms with Gasteiger partial charge in [-0.1, -0.05) is 30.3 Å². The molecule has 4 rings (SSSR count). The smallest absolute Gasteiger partial charge is 0.264 e. The van der Waals surface area contributed by atoms with Gasteiger partial charge in [0.1, 0.15) is 22.4 Å². The highest BCUT2D eigenvalue weighted by molar-refractivity contribution is 5.18. The van der Waals surface area contributed by atoms with Gasteiger partial charge >= 0.3 is 5.79 Å². The zero-order chi connectivity index (χ0) is 20.9. The molecule has 1 unspecified atom stereocenters. The minimum Gasteiger partial charge on any atom is -0.264 e. The first kappa shape index (κ1) is 19.6. The molecule has 0 bridgehead atoms. The topological polar surface area (TPSA) is 151 Å². The Morgan fingerprint density at radius 1 is 0.931 bits per heavy atom. The summed E-state index contributed by atoms with van der Waals surface area (Å²) < 4.78 is 0. The number of rotatable bonds is 7. The zero-order valence-electron chi connectivity index (χ0n) is 15.5. The second kappa shape index (κ2) is 6.68. The Morgan fingerprint density at radius 2 is 1.52 bits per heavy atom. The lowest BCUT2D eigenvalue weighted by Crippen LogP contribution is -2.70. The van der Waals surface area contributed by atoms with Crippen molar-refractivity contribution in [2.45, 2.75) is 68.0 Å². The number of hydrogen-bond donors (Lipinski definition) is 0. The fourth-order valence-corrected chi connectivity index (χ4v) is 4.47. The summed E-state index contributed by atoms with van der Waals surface area (Å²) in [6.07, 6.45) is 0.797. The van der Waals surface area contributed by atoms with Crippen LogP contribution in [0.25, 0.3) is 0 Å². The van der Waals surface area contributed by atoms with Gasteiger partial charge in [-0.2, -0.15) is 0 Å². The van der Waals surface area contributed by atoms with Crippen LogP contribution in [0.5, 0.6) is 0 Å². The second-order valence-corrected chi connectivity index (χ2v) is 7.84. The molecule has 1 atom stereocenters. The highest BCUT2D eigenvalue weighted by Gasteiger charge is 2.76. The van der Waals surface area contributed by atoms with E-state index >= 15 is 0 Å². The quantitative estimate of drug-likeness (QED) is 0.376. The molecule has 12 heteroatoms. The Hall–Kier alpha value is -2.70. The van der Waals surface area contributed by atoms with Gasteiger partial charge < -0.3 is 0 Å². The molecular weight excluding hydrogens is 388 g/mol. The number of benzene rings is 1. The third-order valence-electron chi connectivity index (χ3n) is 6.53. The molecule has 0 amide bonds. The van der Waals surface area contributed by atoms with Crippen LogP contribution in [-0.4, -0.2) is 36.9 Å². The Kier molecular flexibility index (Phi) is 4.52. The van der Waals surface area contributed by atoms with Crippen molar-refractivity contribution >= 4 is 0 Å². The summed E-state index contributed by atoms with van der Waals surface area (Å²) in [5, 5.41) is 35.8. The van der Waals surface area contributed by atoms with Gasteiger partial charge in [0.05, 0.1) is 5.23 Å². The maximum absolute atomic E-state index is 11.8. The van der Waals surface area contributed by atoms with Crippen molar-refractivity contribution in [1.82, 2.24) is 5.23 Å². The van der Waals surface area contributed by atoms with E-state index in [0.717, 1.165) is 0 Å². The lowest BCUT2D eigenvalue weighted by atomic mass is 9.57. The first-order valence-corrected chi connectivity index (χ1v) is 9.42. The fraction of sp³-hybridized carbons (Fsp3) is 0.647. The summed E-state index contributed by atoms with van der Waals surface area (Å²) in [5.41, 5.74) is -2.24. The van der Waals surface area contributed by atoms with Crippen LogP contribution in [0.1, 0.15) is 56.6 Å². The summed E-state index contributed by atoms with van der Waals surface area (Å²) in [6.45, 7) is 0. The monoisotopic (exact) mass is 408 g/mol. The Morgan fingerprint density at radius 3 is 1.93 bits per heavy atom. The zero-order valence-corrected chi connectivity index (χ0v) is 15.5. The Bertz CT molecular complexity index is 825. The molecule has 1 heterocycles. The van der Waals surface area contributed by atoms with E-state index in [1.54, 1.807) is 30.3 Å². The number of nitrogens with zero attached hydrogens (tertiary/aromatic N) is 4. The van der Waals surface area contributed by atoms with Gasteiger partial charge in [0.25, 0.3) is 5.54 Å². The van der Waals surface area contributed by atoms with Crippen molar-refractivity contribution in [3.8, 4) is 0 Å². The van der Waals surface area contributed by atoms with Crippen LogP contribution >= 0.6 is 0 Å². The average Bonchev–Trinajstić information content (AvgIpc) is 2.99. The lowest BCUT2D eigenvalue weighted by molar-refractivity contribution is -0.855. The number of hydroxylamine groups is 2. The van der Waals surface area contributed by atoms with Gasteiger partial charge in [-0.3, -0.25) is 35.2 Å². The molecule has 0 radical (unpaired) electrons. The van der Waals surface area contributed by atoms with Crippen molar-refractivity contribution in [2.75, 3.05) is 0 Å². The third-order valence-corrected chi connectivity index (χ3v) is 6.53. The second-order valence-electron chi connectivity index (χ2n) is 7.84. The molecule has 12 nitrogen and oxygen atoms in total. The summed E-state index contributed by atoms with van der Waals surface area (Å²) >= 11 is 0. The number of hydrogen-bond acceptors (Lipinski definition) is 9. The SMILES string of the molecule is O=[N+]([O-])C1([N+](=O)[O-])CC(c2ccccc2)ON1OC1(C2([N+](=O)[O-])CCC2)CCC1. The predicted octanol–water partition coefficient (Wildman–Crippen LogP) is 2.63. The minimum atomic E-state index is -2.88. The molecule has 0 N–H and O–H groups in total. The molecule has 3 fully saturated rings. The molecule has 0 aromatic heterocycles. The fourth-order valence-electron chi connectivity index (χ4n) is 4.47. The normalized spacial score (nSPS) is 26.8. The predicted molar refractivity (Wildman–Crippen MR) is 94.7 cm³/mol. The van der Waals surface area contributed by atoms with Crippen LogP contribution in [0.4, 0.5) is 0 Å². The molecule has 2 saturated carbocycles.